The summed E-state index contributed by atoms with van der Waals surface area (Å²) in [6.45, 7) is 1.40. The van der Waals surface area contributed by atoms with E-state index >= 15 is 0 Å². The first kappa shape index (κ1) is 9.45. The largest absolute Gasteiger partial charge is 0.353 e. The Balaban J connectivity index is 2.20. The molecule has 2 N–H and O–H groups in total. The minimum absolute atomic E-state index is 0.0140. The highest BCUT2D eigenvalue weighted by Gasteiger charge is 2.19. The van der Waals surface area contributed by atoms with Crippen LogP contribution in [0.5, 0.6) is 0 Å². The van der Waals surface area contributed by atoms with Crippen molar-refractivity contribution in [1.82, 2.24) is 10.6 Å². The summed E-state index contributed by atoms with van der Waals surface area (Å²) >= 11 is 0. The highest BCUT2D eigenvalue weighted by molar-refractivity contribution is 5.78. The van der Waals surface area contributed by atoms with Gasteiger partial charge in [-0.1, -0.05) is 0 Å². The summed E-state index contributed by atoms with van der Waals surface area (Å²) < 4.78 is 11.7. The summed E-state index contributed by atoms with van der Waals surface area (Å²) in [6, 6.07) is 0. The lowest BCUT2D eigenvalue weighted by Crippen LogP contribution is -2.41. The molecule has 1 aliphatic heterocycles. The van der Waals surface area contributed by atoms with Gasteiger partial charge in [0.1, 0.15) is 6.67 Å². The normalized spacial score (nSPS) is 23.6. The summed E-state index contributed by atoms with van der Waals surface area (Å²) in [7, 11) is 0. The molecule has 1 heterocycles. The van der Waals surface area contributed by atoms with Gasteiger partial charge < -0.3 is 10.6 Å². The third kappa shape index (κ3) is 2.77. The monoisotopic (exact) mass is 174 g/mol. The topological polar surface area (TPSA) is 41.1 Å². The molecule has 1 saturated heterocycles. The van der Waals surface area contributed by atoms with Gasteiger partial charge in [-0.05, 0) is 19.4 Å². The number of nitrogens with one attached hydrogen (secondary N) is 2. The molecular formula is C8H15FN2O. The van der Waals surface area contributed by atoms with Gasteiger partial charge in [0.05, 0.1) is 5.92 Å². The minimum atomic E-state index is -0.480. The maximum absolute atomic E-state index is 11.7. The van der Waals surface area contributed by atoms with Crippen LogP contribution in [0, 0.1) is 5.92 Å². The van der Waals surface area contributed by atoms with Gasteiger partial charge in [0.25, 0.3) is 0 Å². The first-order valence-corrected chi connectivity index (χ1v) is 4.39. The van der Waals surface area contributed by atoms with Gasteiger partial charge in [-0.3, -0.25) is 4.79 Å². The molecule has 1 fully saturated rings. The van der Waals surface area contributed by atoms with Gasteiger partial charge in [0.2, 0.25) is 5.91 Å². The first-order valence-electron chi connectivity index (χ1n) is 4.39. The third-order valence-electron chi connectivity index (χ3n) is 2.06. The summed E-state index contributed by atoms with van der Waals surface area (Å²) in [4.78, 5) is 11.2. The van der Waals surface area contributed by atoms with Crippen molar-refractivity contribution < 1.29 is 9.18 Å². The van der Waals surface area contributed by atoms with Crippen LogP contribution >= 0.6 is 0 Å². The van der Waals surface area contributed by atoms with Crippen molar-refractivity contribution in [2.24, 2.45) is 5.92 Å². The summed E-state index contributed by atoms with van der Waals surface area (Å²) in [6.07, 6.45) is 1.96. The molecule has 1 atom stereocenters. The number of piperidine rings is 1. The molecule has 1 unspecified atom stereocenters. The number of hydrogen-bond donors (Lipinski definition) is 2. The number of rotatable bonds is 3. The Labute approximate surface area is 71.7 Å². The second-order valence-corrected chi connectivity index (χ2v) is 3.02. The molecule has 4 heteroatoms. The van der Waals surface area contributed by atoms with E-state index in [0.717, 1.165) is 25.9 Å². The zero-order chi connectivity index (χ0) is 8.81. The molecule has 0 aromatic rings. The molecule has 12 heavy (non-hydrogen) atoms. The average molecular weight is 174 g/mol. The van der Waals surface area contributed by atoms with Crippen LogP contribution < -0.4 is 10.6 Å². The Kier molecular flexibility index (Phi) is 4.00. The maximum atomic E-state index is 11.7. The number of carbonyl (C=O) groups is 1. The van der Waals surface area contributed by atoms with Crippen LogP contribution in [-0.2, 0) is 4.79 Å². The Morgan fingerprint density at radius 1 is 1.67 bits per heavy atom. The molecule has 1 rings (SSSR count). The molecule has 3 nitrogen and oxygen atoms in total. The highest BCUT2D eigenvalue weighted by Crippen LogP contribution is 2.09. The van der Waals surface area contributed by atoms with Crippen LogP contribution in [0.4, 0.5) is 4.39 Å². The van der Waals surface area contributed by atoms with Crippen molar-refractivity contribution in [2.75, 3.05) is 26.3 Å². The van der Waals surface area contributed by atoms with E-state index in [1.54, 1.807) is 0 Å². The number of amides is 1. The standard InChI is InChI=1S/C8H15FN2O/c9-3-5-11-8(12)7-2-1-4-10-6-7/h7,10H,1-6H2,(H,11,12). The Bertz CT molecular complexity index is 146. The number of alkyl halides is 1. The zero-order valence-corrected chi connectivity index (χ0v) is 7.11. The molecule has 70 valence electrons. The predicted molar refractivity (Wildman–Crippen MR) is 44.6 cm³/mol. The van der Waals surface area contributed by atoms with Crippen molar-refractivity contribution in [2.45, 2.75) is 12.8 Å². The average Bonchev–Trinajstić information content (AvgIpc) is 2.15. The highest BCUT2D eigenvalue weighted by atomic mass is 19.1. The van der Waals surface area contributed by atoms with E-state index in [-0.39, 0.29) is 18.4 Å². The molecule has 0 saturated carbocycles. The first-order chi connectivity index (χ1) is 5.84. The van der Waals surface area contributed by atoms with Crippen LogP contribution in [0.15, 0.2) is 0 Å². The van der Waals surface area contributed by atoms with Crippen molar-refractivity contribution in [1.29, 1.82) is 0 Å². The van der Waals surface area contributed by atoms with E-state index in [4.69, 9.17) is 0 Å². The molecule has 0 spiro atoms. The number of carbonyl (C=O) groups excluding carboxylic acids is 1. The SMILES string of the molecule is O=C(NCCF)C1CCCNC1. The maximum Gasteiger partial charge on any atom is 0.224 e. The van der Waals surface area contributed by atoms with Crippen LogP contribution in [0.2, 0.25) is 0 Å². The second-order valence-electron chi connectivity index (χ2n) is 3.02. The van der Waals surface area contributed by atoms with Gasteiger partial charge >= 0.3 is 0 Å². The summed E-state index contributed by atoms with van der Waals surface area (Å²) in [5.74, 6) is 0.0325. The predicted octanol–water partition coefficient (Wildman–Crippen LogP) is 0.0717. The minimum Gasteiger partial charge on any atom is -0.353 e. The molecular weight excluding hydrogens is 159 g/mol. The Hall–Kier alpha value is -0.640. The van der Waals surface area contributed by atoms with Crippen LogP contribution in [0.3, 0.4) is 0 Å². The van der Waals surface area contributed by atoms with E-state index in [1.807, 2.05) is 0 Å². The van der Waals surface area contributed by atoms with Gasteiger partial charge in [0.15, 0.2) is 0 Å². The fourth-order valence-corrected chi connectivity index (χ4v) is 1.39. The molecule has 0 aromatic carbocycles. The molecule has 0 bridgehead atoms. The molecule has 0 aromatic heterocycles. The van der Waals surface area contributed by atoms with Crippen LogP contribution in [-0.4, -0.2) is 32.2 Å². The number of halogens is 1. The van der Waals surface area contributed by atoms with E-state index in [9.17, 15) is 9.18 Å². The fraction of sp³-hybridized carbons (Fsp3) is 0.875. The van der Waals surface area contributed by atoms with E-state index in [0.29, 0.717) is 0 Å². The second kappa shape index (κ2) is 5.09. The Morgan fingerprint density at radius 3 is 3.08 bits per heavy atom. The smallest absolute Gasteiger partial charge is 0.224 e. The zero-order valence-electron chi connectivity index (χ0n) is 7.11. The number of hydrogen-bond acceptors (Lipinski definition) is 2. The fourth-order valence-electron chi connectivity index (χ4n) is 1.39. The molecule has 0 aliphatic carbocycles. The van der Waals surface area contributed by atoms with Crippen LogP contribution in [0.25, 0.3) is 0 Å². The Morgan fingerprint density at radius 2 is 2.50 bits per heavy atom. The molecule has 1 aliphatic rings. The van der Waals surface area contributed by atoms with Gasteiger partial charge in [-0.15, -0.1) is 0 Å². The van der Waals surface area contributed by atoms with Crippen molar-refractivity contribution in [3.8, 4) is 0 Å². The van der Waals surface area contributed by atoms with E-state index in [2.05, 4.69) is 10.6 Å². The van der Waals surface area contributed by atoms with E-state index in [1.165, 1.54) is 0 Å². The van der Waals surface area contributed by atoms with Crippen molar-refractivity contribution in [3.05, 3.63) is 0 Å². The van der Waals surface area contributed by atoms with Gasteiger partial charge in [-0.2, -0.15) is 0 Å². The third-order valence-corrected chi connectivity index (χ3v) is 2.06. The molecule has 1 amide bonds. The lowest BCUT2D eigenvalue weighted by Gasteiger charge is -2.21. The quantitative estimate of drug-likeness (QED) is 0.636. The lowest BCUT2D eigenvalue weighted by molar-refractivity contribution is -0.125. The summed E-state index contributed by atoms with van der Waals surface area (Å²) in [5.41, 5.74) is 0. The van der Waals surface area contributed by atoms with Gasteiger partial charge in [-0.25, -0.2) is 4.39 Å². The van der Waals surface area contributed by atoms with Crippen molar-refractivity contribution in [3.63, 3.8) is 0 Å². The summed E-state index contributed by atoms with van der Waals surface area (Å²) in [5, 5.41) is 5.69. The van der Waals surface area contributed by atoms with Crippen molar-refractivity contribution >= 4 is 5.91 Å². The lowest BCUT2D eigenvalue weighted by atomic mass is 9.99. The van der Waals surface area contributed by atoms with E-state index < -0.39 is 6.67 Å². The molecule has 0 radical (unpaired) electrons. The van der Waals surface area contributed by atoms with Gasteiger partial charge in [0, 0.05) is 13.1 Å². The van der Waals surface area contributed by atoms with Crippen LogP contribution in [0.1, 0.15) is 12.8 Å².